The van der Waals surface area contributed by atoms with E-state index in [1.54, 1.807) is 0 Å². The number of aryl methyl sites for hydroxylation is 1. The van der Waals surface area contributed by atoms with Crippen molar-refractivity contribution in [3.05, 3.63) is 77.4 Å². The Hall–Kier alpha value is -2.11. The van der Waals surface area contributed by atoms with Crippen LogP contribution in [0.3, 0.4) is 0 Å². The molecule has 0 unspecified atom stereocenters. The van der Waals surface area contributed by atoms with E-state index in [1.807, 2.05) is 0 Å². The van der Waals surface area contributed by atoms with Crippen molar-refractivity contribution in [3.63, 3.8) is 0 Å². The van der Waals surface area contributed by atoms with Gasteiger partial charge in [-0.2, -0.15) is 0 Å². The van der Waals surface area contributed by atoms with Gasteiger partial charge in [-0.15, -0.1) is 12.4 Å². The fourth-order valence-corrected chi connectivity index (χ4v) is 3.00. The number of nitrogens with one attached hydrogen (secondary N) is 1. The number of fused-ring (bicyclic) bond motifs is 1. The molecule has 3 aromatic rings. The molecule has 0 spiro atoms. The maximum absolute atomic E-state index is 8.76. The standard InChI is InChI=1S/C23H27NO3.ClH/c1-18-6-8-19(9-7-18)17-27-23-11-10-20-4-2-3-5-21(20)22(23)16-24-12-14-26-15-13-25;/h2-11,24-25H,12-17H2,1H3;1H. The SMILES string of the molecule is Cc1ccc(COc2ccc3ccccc3c2CNCCOCCO)cc1.Cl. The Morgan fingerprint density at radius 3 is 2.50 bits per heavy atom. The minimum atomic E-state index is 0. The van der Waals surface area contributed by atoms with Crippen LogP contribution in [0, 0.1) is 6.92 Å². The van der Waals surface area contributed by atoms with E-state index in [2.05, 4.69) is 72.9 Å². The van der Waals surface area contributed by atoms with E-state index in [0.29, 0.717) is 26.4 Å². The molecule has 28 heavy (non-hydrogen) atoms. The average molecular weight is 402 g/mol. The number of ether oxygens (including phenoxy) is 2. The molecule has 0 saturated carbocycles. The molecule has 0 atom stereocenters. The van der Waals surface area contributed by atoms with E-state index < -0.39 is 0 Å². The predicted octanol–water partition coefficient (Wildman–Crippen LogP) is 4.25. The zero-order valence-corrected chi connectivity index (χ0v) is 17.0. The summed E-state index contributed by atoms with van der Waals surface area (Å²) in [6, 6.07) is 20.9. The average Bonchev–Trinajstić information content (AvgIpc) is 2.70. The van der Waals surface area contributed by atoms with E-state index in [-0.39, 0.29) is 19.0 Å². The molecule has 0 amide bonds. The molecule has 0 aliphatic carbocycles. The molecular formula is C23H28ClNO3. The van der Waals surface area contributed by atoms with Crippen LogP contribution in [-0.2, 0) is 17.9 Å². The van der Waals surface area contributed by atoms with Crippen molar-refractivity contribution in [1.29, 1.82) is 0 Å². The lowest BCUT2D eigenvalue weighted by Crippen LogP contribution is -2.20. The number of rotatable bonds is 10. The highest BCUT2D eigenvalue weighted by Crippen LogP contribution is 2.28. The van der Waals surface area contributed by atoms with Gasteiger partial charge >= 0.3 is 0 Å². The normalized spacial score (nSPS) is 10.6. The molecule has 0 radical (unpaired) electrons. The van der Waals surface area contributed by atoms with Crippen LogP contribution >= 0.6 is 12.4 Å². The van der Waals surface area contributed by atoms with Crippen LogP contribution in [0.2, 0.25) is 0 Å². The quantitative estimate of drug-likeness (QED) is 0.499. The summed E-state index contributed by atoms with van der Waals surface area (Å²) < 4.78 is 11.5. The van der Waals surface area contributed by atoms with E-state index in [4.69, 9.17) is 14.6 Å². The van der Waals surface area contributed by atoms with Crippen molar-refractivity contribution in [3.8, 4) is 5.75 Å². The summed E-state index contributed by atoms with van der Waals surface area (Å²) >= 11 is 0. The molecule has 3 aromatic carbocycles. The van der Waals surface area contributed by atoms with Gasteiger partial charge in [0.25, 0.3) is 0 Å². The van der Waals surface area contributed by atoms with Gasteiger partial charge in [0.2, 0.25) is 0 Å². The van der Waals surface area contributed by atoms with Crippen molar-refractivity contribution in [2.75, 3.05) is 26.4 Å². The highest BCUT2D eigenvalue weighted by atomic mass is 35.5. The molecule has 2 N–H and O–H groups in total. The second-order valence-corrected chi connectivity index (χ2v) is 6.55. The zero-order chi connectivity index (χ0) is 18.9. The van der Waals surface area contributed by atoms with Crippen LogP contribution in [0.4, 0.5) is 0 Å². The van der Waals surface area contributed by atoms with Gasteiger partial charge < -0.3 is 19.9 Å². The summed E-state index contributed by atoms with van der Waals surface area (Å²) in [6.45, 7) is 5.06. The molecule has 0 aliphatic rings. The highest BCUT2D eigenvalue weighted by molar-refractivity contribution is 5.87. The molecule has 4 nitrogen and oxygen atoms in total. The van der Waals surface area contributed by atoms with Gasteiger partial charge in [-0.05, 0) is 29.3 Å². The second kappa shape index (κ2) is 11.7. The minimum Gasteiger partial charge on any atom is -0.489 e. The molecule has 0 saturated heterocycles. The number of halogens is 1. The first-order chi connectivity index (χ1) is 13.3. The Kier molecular flexibility index (Phi) is 9.24. The van der Waals surface area contributed by atoms with E-state index >= 15 is 0 Å². The minimum absolute atomic E-state index is 0. The van der Waals surface area contributed by atoms with E-state index in [1.165, 1.54) is 16.3 Å². The van der Waals surface area contributed by atoms with Crippen molar-refractivity contribution < 1.29 is 14.6 Å². The third-order valence-electron chi connectivity index (χ3n) is 4.47. The zero-order valence-electron chi connectivity index (χ0n) is 16.2. The van der Waals surface area contributed by atoms with Crippen LogP contribution < -0.4 is 10.1 Å². The maximum Gasteiger partial charge on any atom is 0.124 e. The smallest absolute Gasteiger partial charge is 0.124 e. The lowest BCUT2D eigenvalue weighted by Gasteiger charge is -2.15. The Morgan fingerprint density at radius 1 is 0.929 bits per heavy atom. The molecule has 0 bridgehead atoms. The number of hydrogen-bond acceptors (Lipinski definition) is 4. The van der Waals surface area contributed by atoms with E-state index in [9.17, 15) is 0 Å². The lowest BCUT2D eigenvalue weighted by atomic mass is 10.0. The van der Waals surface area contributed by atoms with Gasteiger partial charge in [0.05, 0.1) is 19.8 Å². The molecule has 150 valence electrons. The molecule has 0 aliphatic heterocycles. The molecule has 0 aromatic heterocycles. The first-order valence-corrected chi connectivity index (χ1v) is 9.36. The fourth-order valence-electron chi connectivity index (χ4n) is 3.00. The summed E-state index contributed by atoms with van der Waals surface area (Å²) in [6.07, 6.45) is 0. The maximum atomic E-state index is 8.76. The van der Waals surface area contributed by atoms with Gasteiger partial charge in [0.15, 0.2) is 0 Å². The molecular weight excluding hydrogens is 374 g/mol. The second-order valence-electron chi connectivity index (χ2n) is 6.55. The summed E-state index contributed by atoms with van der Waals surface area (Å²) in [7, 11) is 0. The topological polar surface area (TPSA) is 50.7 Å². The Morgan fingerprint density at radius 2 is 1.71 bits per heavy atom. The van der Waals surface area contributed by atoms with Crippen LogP contribution in [0.25, 0.3) is 10.8 Å². The van der Waals surface area contributed by atoms with Crippen LogP contribution in [-0.4, -0.2) is 31.5 Å². The highest BCUT2D eigenvalue weighted by Gasteiger charge is 2.09. The van der Waals surface area contributed by atoms with Crippen LogP contribution in [0.15, 0.2) is 60.7 Å². The molecule has 3 rings (SSSR count). The Bertz CT molecular complexity index is 852. The van der Waals surface area contributed by atoms with Crippen molar-refractivity contribution in [2.24, 2.45) is 0 Å². The monoisotopic (exact) mass is 401 g/mol. The van der Waals surface area contributed by atoms with Crippen molar-refractivity contribution in [2.45, 2.75) is 20.1 Å². The van der Waals surface area contributed by atoms with Gasteiger partial charge in [-0.3, -0.25) is 0 Å². The summed E-state index contributed by atoms with van der Waals surface area (Å²) in [5, 5.41) is 14.6. The Balaban J connectivity index is 0.00000280. The lowest BCUT2D eigenvalue weighted by molar-refractivity contribution is 0.0938. The van der Waals surface area contributed by atoms with Crippen LogP contribution in [0.1, 0.15) is 16.7 Å². The fraction of sp³-hybridized carbons (Fsp3) is 0.304. The van der Waals surface area contributed by atoms with Gasteiger partial charge in [0.1, 0.15) is 12.4 Å². The Labute approximate surface area is 172 Å². The third kappa shape index (κ3) is 6.21. The van der Waals surface area contributed by atoms with Crippen molar-refractivity contribution in [1.82, 2.24) is 5.32 Å². The third-order valence-corrected chi connectivity index (χ3v) is 4.47. The number of aliphatic hydroxyl groups excluding tert-OH is 1. The summed E-state index contributed by atoms with van der Waals surface area (Å²) in [5.74, 6) is 0.901. The number of aliphatic hydroxyl groups is 1. The molecule has 5 heteroatoms. The summed E-state index contributed by atoms with van der Waals surface area (Å²) in [4.78, 5) is 0. The predicted molar refractivity (Wildman–Crippen MR) is 116 cm³/mol. The number of hydrogen-bond donors (Lipinski definition) is 2. The van der Waals surface area contributed by atoms with Gasteiger partial charge in [0, 0.05) is 18.7 Å². The van der Waals surface area contributed by atoms with Crippen LogP contribution in [0.5, 0.6) is 5.75 Å². The van der Waals surface area contributed by atoms with Crippen molar-refractivity contribution >= 4 is 23.2 Å². The van der Waals surface area contributed by atoms with Gasteiger partial charge in [-0.1, -0.05) is 60.2 Å². The molecule has 0 heterocycles. The largest absolute Gasteiger partial charge is 0.489 e. The first kappa shape index (κ1) is 22.2. The number of benzene rings is 3. The van der Waals surface area contributed by atoms with E-state index in [0.717, 1.165) is 23.4 Å². The van der Waals surface area contributed by atoms with Gasteiger partial charge in [-0.25, -0.2) is 0 Å². The summed E-state index contributed by atoms with van der Waals surface area (Å²) in [5.41, 5.74) is 3.56. The first-order valence-electron chi connectivity index (χ1n) is 9.36. The molecule has 0 fully saturated rings.